The Balaban J connectivity index is 1.64. The van der Waals surface area contributed by atoms with Crippen LogP contribution in [0.15, 0.2) is 60.7 Å². The number of hydrogen-bond acceptors (Lipinski definition) is 3. The van der Waals surface area contributed by atoms with E-state index in [-0.39, 0.29) is 11.8 Å². The van der Waals surface area contributed by atoms with E-state index >= 15 is 0 Å². The largest absolute Gasteiger partial charge is 0.508 e. The predicted molar refractivity (Wildman–Crippen MR) is 103 cm³/mol. The number of rotatable bonds is 6. The van der Waals surface area contributed by atoms with Crippen molar-refractivity contribution in [3.63, 3.8) is 0 Å². The molecule has 0 heterocycles. The van der Waals surface area contributed by atoms with Crippen LogP contribution >= 0.6 is 0 Å². The van der Waals surface area contributed by atoms with Crippen molar-refractivity contribution in [1.29, 1.82) is 0 Å². The van der Waals surface area contributed by atoms with Crippen LogP contribution in [-0.4, -0.2) is 22.8 Å². The van der Waals surface area contributed by atoms with E-state index in [9.17, 15) is 10.2 Å². The van der Waals surface area contributed by atoms with Crippen LogP contribution in [0.5, 0.6) is 5.75 Å². The molecule has 2 unspecified atom stereocenters. The number of aryl methyl sites for hydroxylation is 1. The summed E-state index contributed by atoms with van der Waals surface area (Å²) in [5.74, 6) is 0.212. The lowest BCUT2D eigenvalue weighted by Crippen LogP contribution is -2.32. The Morgan fingerprint density at radius 1 is 0.920 bits per heavy atom. The van der Waals surface area contributed by atoms with E-state index in [4.69, 9.17) is 0 Å². The third-order valence-electron chi connectivity index (χ3n) is 4.70. The van der Waals surface area contributed by atoms with Gasteiger partial charge in [0.2, 0.25) is 0 Å². The third kappa shape index (κ3) is 4.19. The molecule has 3 nitrogen and oxygen atoms in total. The predicted octanol–water partition coefficient (Wildman–Crippen LogP) is 4.11. The fourth-order valence-corrected chi connectivity index (χ4v) is 3.22. The number of nitrogens with one attached hydrogen (secondary N) is 1. The zero-order valence-corrected chi connectivity index (χ0v) is 14.7. The van der Waals surface area contributed by atoms with Gasteiger partial charge in [-0.1, -0.05) is 48.5 Å². The lowest BCUT2D eigenvalue weighted by Gasteiger charge is -2.19. The molecule has 0 aliphatic heterocycles. The minimum atomic E-state index is -0.585. The molecule has 0 fully saturated rings. The number of aromatic hydroxyl groups is 1. The molecule has 0 saturated heterocycles. The number of fused-ring (bicyclic) bond motifs is 1. The minimum Gasteiger partial charge on any atom is -0.508 e. The quantitative estimate of drug-likeness (QED) is 0.635. The number of aliphatic hydroxyl groups is 1. The molecule has 3 rings (SSSR count). The van der Waals surface area contributed by atoms with Gasteiger partial charge in [0.05, 0.1) is 6.10 Å². The Morgan fingerprint density at radius 3 is 2.32 bits per heavy atom. The van der Waals surface area contributed by atoms with E-state index in [1.807, 2.05) is 0 Å². The highest BCUT2D eigenvalue weighted by atomic mass is 16.3. The molecular weight excluding hydrogens is 310 g/mol. The standard InChI is InChI=1S/C22H25NO2/c1-15-7-8-18(21-6-4-3-5-20(15)21)13-16(2)23-14-22(25)17-9-11-19(24)12-10-17/h3-12,16,22-25H,13-14H2,1-2H3. The van der Waals surface area contributed by atoms with E-state index < -0.39 is 6.10 Å². The first-order valence-corrected chi connectivity index (χ1v) is 8.72. The molecule has 3 aromatic carbocycles. The smallest absolute Gasteiger partial charge is 0.115 e. The van der Waals surface area contributed by atoms with Crippen molar-refractivity contribution in [3.05, 3.63) is 77.4 Å². The molecule has 2 atom stereocenters. The molecule has 0 aliphatic rings. The van der Waals surface area contributed by atoms with E-state index in [0.29, 0.717) is 6.54 Å². The van der Waals surface area contributed by atoms with Gasteiger partial charge in [0, 0.05) is 12.6 Å². The molecule has 0 saturated carbocycles. The maximum absolute atomic E-state index is 10.3. The Kier molecular flexibility index (Phi) is 5.37. The number of phenolic OH excluding ortho intramolecular Hbond substituents is 1. The zero-order valence-electron chi connectivity index (χ0n) is 14.7. The molecular formula is C22H25NO2. The molecule has 0 spiro atoms. The average Bonchev–Trinajstić information content (AvgIpc) is 2.63. The Labute approximate surface area is 148 Å². The molecule has 0 bridgehead atoms. The number of phenols is 1. The summed E-state index contributed by atoms with van der Waals surface area (Å²) in [6.07, 6.45) is 0.320. The fraction of sp³-hybridized carbons (Fsp3) is 0.273. The normalized spacial score (nSPS) is 13.7. The van der Waals surface area contributed by atoms with Crippen LogP contribution in [0.3, 0.4) is 0 Å². The van der Waals surface area contributed by atoms with Crippen LogP contribution in [0.2, 0.25) is 0 Å². The maximum Gasteiger partial charge on any atom is 0.115 e. The summed E-state index contributed by atoms with van der Waals surface area (Å²) >= 11 is 0. The summed E-state index contributed by atoms with van der Waals surface area (Å²) in [4.78, 5) is 0. The molecule has 0 aromatic heterocycles. The van der Waals surface area contributed by atoms with Crippen LogP contribution in [-0.2, 0) is 6.42 Å². The Bertz CT molecular complexity index is 842. The number of hydrogen-bond donors (Lipinski definition) is 3. The topological polar surface area (TPSA) is 52.5 Å². The maximum atomic E-state index is 10.3. The van der Waals surface area contributed by atoms with Crippen LogP contribution in [0.25, 0.3) is 10.8 Å². The zero-order chi connectivity index (χ0) is 17.8. The monoisotopic (exact) mass is 335 g/mol. The first-order chi connectivity index (χ1) is 12.0. The second kappa shape index (κ2) is 7.68. The van der Waals surface area contributed by atoms with Gasteiger partial charge in [-0.2, -0.15) is 0 Å². The highest BCUT2D eigenvalue weighted by Crippen LogP contribution is 2.23. The molecule has 3 heteroatoms. The van der Waals surface area contributed by atoms with Gasteiger partial charge in [-0.15, -0.1) is 0 Å². The summed E-state index contributed by atoms with van der Waals surface area (Å²) in [5.41, 5.74) is 3.42. The van der Waals surface area contributed by atoms with E-state index in [1.165, 1.54) is 21.9 Å². The van der Waals surface area contributed by atoms with Crippen molar-refractivity contribution in [2.75, 3.05) is 6.54 Å². The highest BCUT2D eigenvalue weighted by molar-refractivity contribution is 5.88. The van der Waals surface area contributed by atoms with Gasteiger partial charge in [-0.3, -0.25) is 0 Å². The lowest BCUT2D eigenvalue weighted by atomic mass is 9.96. The van der Waals surface area contributed by atoms with E-state index in [2.05, 4.69) is 55.6 Å². The second-order valence-electron chi connectivity index (χ2n) is 6.71. The summed E-state index contributed by atoms with van der Waals surface area (Å²) in [6, 6.07) is 19.8. The Hall–Kier alpha value is -2.36. The number of aliphatic hydroxyl groups excluding tert-OH is 1. The summed E-state index contributed by atoms with van der Waals surface area (Å²) in [5, 5.41) is 25.6. The third-order valence-corrected chi connectivity index (χ3v) is 4.70. The van der Waals surface area contributed by atoms with Gasteiger partial charge >= 0.3 is 0 Å². The van der Waals surface area contributed by atoms with Crippen LogP contribution in [0, 0.1) is 6.92 Å². The van der Waals surface area contributed by atoms with Crippen LogP contribution < -0.4 is 5.32 Å². The molecule has 0 amide bonds. The summed E-state index contributed by atoms with van der Waals surface area (Å²) in [7, 11) is 0. The molecule has 3 aromatic rings. The molecule has 0 radical (unpaired) electrons. The SMILES string of the molecule is Cc1ccc(CC(C)NCC(O)c2ccc(O)cc2)c2ccccc12. The molecule has 25 heavy (non-hydrogen) atoms. The number of benzene rings is 3. The Morgan fingerprint density at radius 2 is 1.60 bits per heavy atom. The van der Waals surface area contributed by atoms with Gasteiger partial charge in [-0.25, -0.2) is 0 Å². The van der Waals surface area contributed by atoms with E-state index in [1.54, 1.807) is 24.3 Å². The van der Waals surface area contributed by atoms with Gasteiger partial charge in [0.1, 0.15) is 5.75 Å². The lowest BCUT2D eigenvalue weighted by molar-refractivity contribution is 0.170. The van der Waals surface area contributed by atoms with Crippen molar-refractivity contribution in [2.24, 2.45) is 0 Å². The second-order valence-corrected chi connectivity index (χ2v) is 6.71. The van der Waals surface area contributed by atoms with Crippen molar-refractivity contribution in [1.82, 2.24) is 5.32 Å². The minimum absolute atomic E-state index is 0.212. The van der Waals surface area contributed by atoms with E-state index in [0.717, 1.165) is 12.0 Å². The molecule has 130 valence electrons. The fourth-order valence-electron chi connectivity index (χ4n) is 3.22. The first kappa shape index (κ1) is 17.5. The summed E-state index contributed by atoms with van der Waals surface area (Å²) < 4.78 is 0. The molecule has 0 aliphatic carbocycles. The van der Waals surface area contributed by atoms with Gasteiger partial charge in [-0.05, 0) is 59.9 Å². The highest BCUT2D eigenvalue weighted by Gasteiger charge is 2.11. The van der Waals surface area contributed by atoms with Crippen LogP contribution in [0.1, 0.15) is 29.7 Å². The van der Waals surface area contributed by atoms with Crippen molar-refractivity contribution in [2.45, 2.75) is 32.4 Å². The van der Waals surface area contributed by atoms with Crippen molar-refractivity contribution >= 4 is 10.8 Å². The van der Waals surface area contributed by atoms with Crippen molar-refractivity contribution < 1.29 is 10.2 Å². The van der Waals surface area contributed by atoms with Gasteiger partial charge in [0.25, 0.3) is 0 Å². The van der Waals surface area contributed by atoms with Gasteiger partial charge in [0.15, 0.2) is 0 Å². The van der Waals surface area contributed by atoms with Crippen molar-refractivity contribution in [3.8, 4) is 5.75 Å². The molecule has 3 N–H and O–H groups in total. The average molecular weight is 335 g/mol. The van der Waals surface area contributed by atoms with Gasteiger partial charge < -0.3 is 15.5 Å². The van der Waals surface area contributed by atoms with Crippen LogP contribution in [0.4, 0.5) is 0 Å². The summed E-state index contributed by atoms with van der Waals surface area (Å²) in [6.45, 7) is 4.76. The first-order valence-electron chi connectivity index (χ1n) is 8.72.